The lowest BCUT2D eigenvalue weighted by atomic mass is 9.77. The van der Waals surface area contributed by atoms with Gasteiger partial charge in [0.25, 0.3) is 0 Å². The van der Waals surface area contributed by atoms with Gasteiger partial charge in [-0.05, 0) is 40.0 Å². The lowest BCUT2D eigenvalue weighted by Crippen LogP contribution is -2.52. The van der Waals surface area contributed by atoms with Crippen LogP contribution in [0.25, 0.3) is 0 Å². The van der Waals surface area contributed by atoms with E-state index >= 15 is 0 Å². The third kappa shape index (κ3) is 5.91. The third-order valence-electron chi connectivity index (χ3n) is 3.77. The number of rotatable bonds is 7. The smallest absolute Gasteiger partial charge is 0.328 e. The van der Waals surface area contributed by atoms with Crippen molar-refractivity contribution in [1.29, 1.82) is 0 Å². The second-order valence-electron chi connectivity index (χ2n) is 6.83. The van der Waals surface area contributed by atoms with E-state index in [0.29, 0.717) is 13.0 Å². The predicted octanol–water partition coefficient (Wildman–Crippen LogP) is 2.42. The van der Waals surface area contributed by atoms with Crippen LogP contribution in [0.15, 0.2) is 0 Å². The van der Waals surface area contributed by atoms with Crippen molar-refractivity contribution in [3.63, 3.8) is 0 Å². The molecule has 6 nitrogen and oxygen atoms in total. The number of hydrogen-bond acceptors (Lipinski definition) is 6. The number of ether oxygens (including phenoxy) is 1. The highest BCUT2D eigenvalue weighted by atomic mass is 31.2. The fourth-order valence-electron chi connectivity index (χ4n) is 2.82. The largest absolute Gasteiger partial charge is 0.390 e. The van der Waals surface area contributed by atoms with E-state index in [9.17, 15) is 14.8 Å². The van der Waals surface area contributed by atoms with E-state index in [1.54, 1.807) is 13.8 Å². The summed E-state index contributed by atoms with van der Waals surface area (Å²) in [6.45, 7) is 11.1. The Labute approximate surface area is 133 Å². The van der Waals surface area contributed by atoms with Gasteiger partial charge in [0.05, 0.1) is 24.9 Å². The minimum Gasteiger partial charge on any atom is -0.390 e. The van der Waals surface area contributed by atoms with Crippen molar-refractivity contribution in [3.05, 3.63) is 0 Å². The Bertz CT molecular complexity index is 386. The highest BCUT2D eigenvalue weighted by molar-refractivity contribution is 7.53. The summed E-state index contributed by atoms with van der Waals surface area (Å²) in [5, 5.41) is 20.4. The molecule has 0 bridgehead atoms. The molecule has 1 aliphatic carbocycles. The molecule has 1 aliphatic rings. The first-order chi connectivity index (χ1) is 10.0. The van der Waals surface area contributed by atoms with Crippen molar-refractivity contribution >= 4 is 7.60 Å². The first-order valence-electron chi connectivity index (χ1n) is 7.95. The van der Waals surface area contributed by atoms with E-state index in [4.69, 9.17) is 13.8 Å². The molecule has 0 aromatic rings. The topological polar surface area (TPSA) is 85.2 Å². The number of aliphatic hydroxyl groups is 2. The molecule has 1 rings (SSSR count). The van der Waals surface area contributed by atoms with Gasteiger partial charge in [-0.15, -0.1) is 0 Å². The molecule has 0 spiro atoms. The van der Waals surface area contributed by atoms with Crippen LogP contribution in [-0.4, -0.2) is 54.0 Å². The summed E-state index contributed by atoms with van der Waals surface area (Å²) in [5.74, 6) is -0.210. The molecule has 0 radical (unpaired) electrons. The second kappa shape index (κ2) is 8.22. The molecule has 1 fully saturated rings. The molecule has 1 saturated carbocycles. The van der Waals surface area contributed by atoms with Gasteiger partial charge in [-0.25, -0.2) is 0 Å². The molecule has 0 aromatic carbocycles. The van der Waals surface area contributed by atoms with Gasteiger partial charge in [-0.2, -0.15) is 0 Å². The maximum Gasteiger partial charge on any atom is 0.328 e. The summed E-state index contributed by atoms with van der Waals surface area (Å²) in [7, 11) is -3.31. The predicted molar refractivity (Wildman–Crippen MR) is 85.0 cm³/mol. The molecule has 0 aromatic heterocycles. The minimum atomic E-state index is -3.31. The minimum absolute atomic E-state index is 0.0558. The van der Waals surface area contributed by atoms with Gasteiger partial charge < -0.3 is 24.0 Å². The molecule has 7 heteroatoms. The molecular formula is C15H31O6P. The van der Waals surface area contributed by atoms with Crippen molar-refractivity contribution in [1.82, 2.24) is 0 Å². The number of aliphatic hydroxyl groups excluding tert-OH is 2. The van der Waals surface area contributed by atoms with E-state index in [1.165, 1.54) is 6.66 Å². The Hall–Kier alpha value is 0.0300. The first-order valence-corrected chi connectivity index (χ1v) is 9.94. The van der Waals surface area contributed by atoms with Crippen LogP contribution in [0, 0.1) is 11.8 Å². The van der Waals surface area contributed by atoms with E-state index in [1.807, 2.05) is 20.8 Å². The standard InChI is InChI=1S/C15H31O6P/c1-9(2)19-8-12-7-11(5)13(16)14(17)15(12)21-22(6,18)20-10(3)4/h9-17H,7-8H2,1-6H3. The van der Waals surface area contributed by atoms with Gasteiger partial charge >= 0.3 is 7.60 Å². The molecule has 22 heavy (non-hydrogen) atoms. The molecule has 2 N–H and O–H groups in total. The normalized spacial score (nSPS) is 35.8. The van der Waals surface area contributed by atoms with Crippen LogP contribution in [0.4, 0.5) is 0 Å². The zero-order chi connectivity index (χ0) is 17.1. The monoisotopic (exact) mass is 338 g/mol. The maximum atomic E-state index is 12.4. The van der Waals surface area contributed by atoms with Gasteiger partial charge in [-0.1, -0.05) is 6.92 Å². The summed E-state index contributed by atoms with van der Waals surface area (Å²) >= 11 is 0. The summed E-state index contributed by atoms with van der Waals surface area (Å²) in [4.78, 5) is 0. The van der Waals surface area contributed by atoms with Crippen molar-refractivity contribution in [2.24, 2.45) is 11.8 Å². The first kappa shape index (κ1) is 20.1. The van der Waals surface area contributed by atoms with Crippen molar-refractivity contribution in [2.45, 2.75) is 71.6 Å². The fourth-order valence-corrected chi connectivity index (χ4v) is 4.37. The van der Waals surface area contributed by atoms with Gasteiger partial charge in [0.1, 0.15) is 12.2 Å². The quantitative estimate of drug-likeness (QED) is 0.694. The van der Waals surface area contributed by atoms with E-state index in [2.05, 4.69) is 0 Å². The molecule has 132 valence electrons. The van der Waals surface area contributed by atoms with Crippen molar-refractivity contribution in [3.8, 4) is 0 Å². The van der Waals surface area contributed by atoms with Crippen LogP contribution in [-0.2, 0) is 18.3 Å². The van der Waals surface area contributed by atoms with Crippen LogP contribution in [0.3, 0.4) is 0 Å². The molecule has 0 saturated heterocycles. The zero-order valence-electron chi connectivity index (χ0n) is 14.4. The maximum absolute atomic E-state index is 12.4. The third-order valence-corrected chi connectivity index (χ3v) is 5.20. The van der Waals surface area contributed by atoms with E-state index in [0.717, 1.165) is 0 Å². The van der Waals surface area contributed by atoms with Crippen LogP contribution in [0.2, 0.25) is 0 Å². The Morgan fingerprint density at radius 2 is 1.73 bits per heavy atom. The summed E-state index contributed by atoms with van der Waals surface area (Å²) in [6.07, 6.45) is -2.32. The Balaban J connectivity index is 2.84. The summed E-state index contributed by atoms with van der Waals surface area (Å²) < 4.78 is 29.0. The van der Waals surface area contributed by atoms with Crippen LogP contribution < -0.4 is 0 Å². The highest BCUT2D eigenvalue weighted by Gasteiger charge is 2.45. The second-order valence-corrected chi connectivity index (χ2v) is 8.80. The Kier molecular flexibility index (Phi) is 7.50. The highest BCUT2D eigenvalue weighted by Crippen LogP contribution is 2.49. The van der Waals surface area contributed by atoms with Gasteiger partial charge in [0.15, 0.2) is 0 Å². The van der Waals surface area contributed by atoms with Crippen LogP contribution >= 0.6 is 7.60 Å². The molecule has 0 amide bonds. The number of hydrogen-bond donors (Lipinski definition) is 2. The molecular weight excluding hydrogens is 307 g/mol. The van der Waals surface area contributed by atoms with Gasteiger partial charge in [0.2, 0.25) is 0 Å². The van der Waals surface area contributed by atoms with E-state index < -0.39 is 25.9 Å². The summed E-state index contributed by atoms with van der Waals surface area (Å²) in [5.41, 5.74) is 0. The van der Waals surface area contributed by atoms with Crippen molar-refractivity contribution in [2.75, 3.05) is 13.3 Å². The van der Waals surface area contributed by atoms with Gasteiger partial charge in [-0.3, -0.25) is 4.57 Å². The Morgan fingerprint density at radius 3 is 2.23 bits per heavy atom. The average molecular weight is 338 g/mol. The summed E-state index contributed by atoms with van der Waals surface area (Å²) in [6, 6.07) is 0. The lowest BCUT2D eigenvalue weighted by molar-refractivity contribution is -0.139. The van der Waals surface area contributed by atoms with Gasteiger partial charge in [0, 0.05) is 12.6 Å². The van der Waals surface area contributed by atoms with Crippen molar-refractivity contribution < 1.29 is 28.6 Å². The zero-order valence-corrected chi connectivity index (χ0v) is 15.3. The fraction of sp³-hybridized carbons (Fsp3) is 1.00. The van der Waals surface area contributed by atoms with Crippen LogP contribution in [0.1, 0.15) is 41.0 Å². The average Bonchev–Trinajstić information content (AvgIpc) is 2.36. The van der Waals surface area contributed by atoms with Crippen LogP contribution in [0.5, 0.6) is 0 Å². The van der Waals surface area contributed by atoms with E-state index in [-0.39, 0.29) is 24.0 Å². The molecule has 6 atom stereocenters. The molecule has 0 heterocycles. The molecule has 6 unspecified atom stereocenters. The molecule has 0 aliphatic heterocycles. The Morgan fingerprint density at radius 1 is 1.14 bits per heavy atom. The lowest BCUT2D eigenvalue weighted by Gasteiger charge is -2.42. The SMILES string of the molecule is CC(C)OCC1CC(C)C(O)C(O)C1OP(C)(=O)OC(C)C.